The molecule has 2 aromatic carbocycles. The van der Waals surface area contributed by atoms with E-state index in [-0.39, 0.29) is 0 Å². The highest BCUT2D eigenvalue weighted by atomic mass is 35.5. The molecule has 1 saturated heterocycles. The van der Waals surface area contributed by atoms with Crippen LogP contribution >= 0.6 is 34.5 Å². The number of benzene rings is 2. The maximum atomic E-state index is 6.25. The van der Waals surface area contributed by atoms with Gasteiger partial charge in [0.25, 0.3) is 0 Å². The van der Waals surface area contributed by atoms with Gasteiger partial charge in [-0.15, -0.1) is 11.3 Å². The van der Waals surface area contributed by atoms with Gasteiger partial charge >= 0.3 is 0 Å². The van der Waals surface area contributed by atoms with E-state index in [2.05, 4.69) is 22.4 Å². The molecule has 0 radical (unpaired) electrons. The lowest BCUT2D eigenvalue weighted by atomic mass is 10.1. The number of morpholine rings is 1. The zero-order valence-electron chi connectivity index (χ0n) is 16.6. The number of hydrogen-bond donors (Lipinski definition) is 0. The smallest absolute Gasteiger partial charge is 0.232 e. The highest BCUT2D eigenvalue weighted by molar-refractivity contribution is 7.17. The van der Waals surface area contributed by atoms with Crippen molar-refractivity contribution in [2.24, 2.45) is 0 Å². The van der Waals surface area contributed by atoms with Crippen molar-refractivity contribution in [1.29, 1.82) is 0 Å². The van der Waals surface area contributed by atoms with Crippen LogP contribution in [0.15, 0.2) is 53.9 Å². The van der Waals surface area contributed by atoms with Gasteiger partial charge < -0.3 is 9.47 Å². The summed E-state index contributed by atoms with van der Waals surface area (Å²) in [5.41, 5.74) is 2.13. The fourth-order valence-corrected chi connectivity index (χ4v) is 5.05. The minimum atomic E-state index is 0.506. The van der Waals surface area contributed by atoms with Crippen molar-refractivity contribution >= 4 is 44.8 Å². The summed E-state index contributed by atoms with van der Waals surface area (Å²) in [4.78, 5) is 12.8. The average Bonchev–Trinajstić information content (AvgIpc) is 3.19. The van der Waals surface area contributed by atoms with Gasteiger partial charge in [-0.3, -0.25) is 4.90 Å². The SMILES string of the molecule is Clc1cc(Cl)cc(Oc2nc(CN3CCOCC3)nc3scc(-c4ccccc4)c23)c1. The quantitative estimate of drug-likeness (QED) is 0.342. The predicted octanol–water partition coefficient (Wildman–Crippen LogP) is 6.29. The molecule has 158 valence electrons. The number of rotatable bonds is 5. The van der Waals surface area contributed by atoms with Gasteiger partial charge in [0.1, 0.15) is 16.4 Å². The molecule has 0 atom stereocenters. The first-order chi connectivity index (χ1) is 15.2. The van der Waals surface area contributed by atoms with Crippen LogP contribution in [0.4, 0.5) is 0 Å². The normalized spacial score (nSPS) is 14.8. The molecule has 5 nitrogen and oxygen atoms in total. The number of fused-ring (bicyclic) bond motifs is 1. The van der Waals surface area contributed by atoms with Gasteiger partial charge in [0, 0.05) is 34.1 Å². The van der Waals surface area contributed by atoms with E-state index in [1.807, 2.05) is 18.2 Å². The van der Waals surface area contributed by atoms with Crippen LogP contribution in [-0.4, -0.2) is 41.2 Å². The summed E-state index contributed by atoms with van der Waals surface area (Å²) in [5.74, 6) is 1.77. The molecule has 4 aromatic rings. The summed E-state index contributed by atoms with van der Waals surface area (Å²) < 4.78 is 11.7. The predicted molar refractivity (Wildman–Crippen MR) is 125 cm³/mol. The van der Waals surface area contributed by atoms with Crippen LogP contribution in [0.3, 0.4) is 0 Å². The summed E-state index contributed by atoms with van der Waals surface area (Å²) in [5, 5.41) is 4.01. The number of thiophene rings is 1. The minimum absolute atomic E-state index is 0.506. The molecule has 1 fully saturated rings. The van der Waals surface area contributed by atoms with Crippen molar-refractivity contribution in [1.82, 2.24) is 14.9 Å². The molecule has 8 heteroatoms. The number of hydrogen-bond acceptors (Lipinski definition) is 6. The van der Waals surface area contributed by atoms with Gasteiger partial charge in [0.2, 0.25) is 5.88 Å². The largest absolute Gasteiger partial charge is 0.438 e. The van der Waals surface area contributed by atoms with Gasteiger partial charge in [-0.25, -0.2) is 4.98 Å². The van der Waals surface area contributed by atoms with E-state index in [1.165, 1.54) is 0 Å². The summed E-state index contributed by atoms with van der Waals surface area (Å²) >= 11 is 14.0. The van der Waals surface area contributed by atoms with Gasteiger partial charge in [-0.05, 0) is 23.8 Å². The van der Waals surface area contributed by atoms with Crippen molar-refractivity contribution in [3.05, 3.63) is 69.8 Å². The molecule has 0 spiro atoms. The summed E-state index contributed by atoms with van der Waals surface area (Å²) in [6.07, 6.45) is 0. The highest BCUT2D eigenvalue weighted by Crippen LogP contribution is 2.40. The van der Waals surface area contributed by atoms with E-state index in [9.17, 15) is 0 Å². The second-order valence-electron chi connectivity index (χ2n) is 7.24. The maximum absolute atomic E-state index is 6.25. The van der Waals surface area contributed by atoms with Crippen molar-refractivity contribution < 1.29 is 9.47 Å². The molecule has 3 heterocycles. The fraction of sp³-hybridized carbons (Fsp3) is 0.217. The Morgan fingerprint density at radius 2 is 1.74 bits per heavy atom. The van der Waals surface area contributed by atoms with E-state index in [1.54, 1.807) is 29.5 Å². The zero-order chi connectivity index (χ0) is 21.2. The molecule has 0 unspecified atom stereocenters. The molecule has 0 bridgehead atoms. The van der Waals surface area contributed by atoms with Gasteiger partial charge in [-0.2, -0.15) is 4.98 Å². The lowest BCUT2D eigenvalue weighted by molar-refractivity contribution is 0.0330. The molecule has 31 heavy (non-hydrogen) atoms. The monoisotopic (exact) mass is 471 g/mol. The average molecular weight is 472 g/mol. The Labute approximate surface area is 194 Å². The number of ether oxygens (including phenoxy) is 2. The van der Waals surface area contributed by atoms with Crippen LogP contribution < -0.4 is 4.74 Å². The Morgan fingerprint density at radius 1 is 1.00 bits per heavy atom. The molecule has 1 aliphatic heterocycles. The molecule has 1 aliphatic rings. The first-order valence-corrected chi connectivity index (χ1v) is 11.6. The van der Waals surface area contributed by atoms with E-state index in [4.69, 9.17) is 42.6 Å². The van der Waals surface area contributed by atoms with E-state index in [0.717, 1.165) is 53.5 Å². The molecule has 5 rings (SSSR count). The van der Waals surface area contributed by atoms with Crippen molar-refractivity contribution in [2.45, 2.75) is 6.54 Å². The lowest BCUT2D eigenvalue weighted by Gasteiger charge is -2.25. The van der Waals surface area contributed by atoms with Crippen LogP contribution in [0.2, 0.25) is 10.0 Å². The molecule has 0 aliphatic carbocycles. The summed E-state index contributed by atoms with van der Waals surface area (Å²) in [6.45, 7) is 3.82. The zero-order valence-corrected chi connectivity index (χ0v) is 18.9. The van der Waals surface area contributed by atoms with Crippen molar-refractivity contribution in [3.8, 4) is 22.8 Å². The topological polar surface area (TPSA) is 47.5 Å². The summed E-state index contributed by atoms with van der Waals surface area (Å²) in [6, 6.07) is 15.3. The molecule has 0 amide bonds. The second-order valence-corrected chi connectivity index (χ2v) is 8.97. The van der Waals surface area contributed by atoms with Crippen molar-refractivity contribution in [2.75, 3.05) is 26.3 Å². The molecule has 0 N–H and O–H groups in total. The fourth-order valence-electron chi connectivity index (χ4n) is 3.59. The van der Waals surface area contributed by atoms with Crippen LogP contribution in [0, 0.1) is 0 Å². The second kappa shape index (κ2) is 9.10. The van der Waals surface area contributed by atoms with E-state index in [0.29, 0.717) is 28.2 Å². The maximum Gasteiger partial charge on any atom is 0.232 e. The molecule has 2 aromatic heterocycles. The third-order valence-corrected chi connectivity index (χ3v) is 6.36. The van der Waals surface area contributed by atoms with E-state index >= 15 is 0 Å². The Kier molecular flexibility index (Phi) is 6.07. The van der Waals surface area contributed by atoms with Gasteiger partial charge in [-0.1, -0.05) is 53.5 Å². The Hall–Kier alpha value is -2.22. The Bertz CT molecular complexity index is 1190. The molecular weight excluding hydrogens is 453 g/mol. The van der Waals surface area contributed by atoms with Crippen LogP contribution in [0.5, 0.6) is 11.6 Å². The first kappa shape index (κ1) is 20.7. The van der Waals surface area contributed by atoms with Crippen LogP contribution in [0.1, 0.15) is 5.82 Å². The Balaban J connectivity index is 1.60. The number of halogens is 2. The Morgan fingerprint density at radius 3 is 2.48 bits per heavy atom. The third-order valence-electron chi connectivity index (χ3n) is 5.05. The van der Waals surface area contributed by atoms with Crippen LogP contribution in [0.25, 0.3) is 21.3 Å². The molecular formula is C23H19Cl2N3O2S. The third kappa shape index (κ3) is 4.68. The number of nitrogens with zero attached hydrogens (tertiary/aromatic N) is 3. The van der Waals surface area contributed by atoms with Crippen LogP contribution in [-0.2, 0) is 11.3 Å². The van der Waals surface area contributed by atoms with Gasteiger partial charge in [0.15, 0.2) is 0 Å². The minimum Gasteiger partial charge on any atom is -0.438 e. The van der Waals surface area contributed by atoms with Gasteiger partial charge in [0.05, 0.1) is 25.1 Å². The molecule has 0 saturated carbocycles. The lowest BCUT2D eigenvalue weighted by Crippen LogP contribution is -2.36. The standard InChI is InChI=1S/C23H19Cl2N3O2S/c24-16-10-17(25)12-18(11-16)30-22-21-19(15-4-2-1-3-5-15)14-31-23(21)27-20(26-22)13-28-6-8-29-9-7-28/h1-5,10-12,14H,6-9,13H2. The van der Waals surface area contributed by atoms with E-state index < -0.39 is 0 Å². The van der Waals surface area contributed by atoms with Crippen molar-refractivity contribution in [3.63, 3.8) is 0 Å². The number of aromatic nitrogens is 2. The highest BCUT2D eigenvalue weighted by Gasteiger charge is 2.19. The summed E-state index contributed by atoms with van der Waals surface area (Å²) in [7, 11) is 0. The first-order valence-electron chi connectivity index (χ1n) is 9.93.